The molecule has 1 rings (SSSR count). The van der Waals surface area contributed by atoms with Crippen molar-refractivity contribution in [1.82, 2.24) is 9.71 Å². The number of amides is 1. The number of alkyl halides is 3. The van der Waals surface area contributed by atoms with Crippen LogP contribution in [-0.2, 0) is 21.2 Å². The summed E-state index contributed by atoms with van der Waals surface area (Å²) in [5.41, 5.74) is -4.73. The van der Waals surface area contributed by atoms with Crippen LogP contribution in [0.3, 0.4) is 0 Å². The van der Waals surface area contributed by atoms with Gasteiger partial charge in [-0.1, -0.05) is 12.1 Å². The van der Waals surface area contributed by atoms with Gasteiger partial charge < -0.3 is 0 Å². The van der Waals surface area contributed by atoms with Gasteiger partial charge in [0.25, 0.3) is 5.91 Å². The van der Waals surface area contributed by atoms with Crippen molar-refractivity contribution in [2.45, 2.75) is 31.7 Å². The summed E-state index contributed by atoms with van der Waals surface area (Å²) in [6.45, 7) is 1.75. The third-order valence-electron chi connectivity index (χ3n) is 3.06. The lowest BCUT2D eigenvalue weighted by Crippen LogP contribution is -2.41. The summed E-state index contributed by atoms with van der Waals surface area (Å²) >= 11 is 0. The van der Waals surface area contributed by atoms with Crippen molar-refractivity contribution in [1.29, 1.82) is 0 Å². The van der Waals surface area contributed by atoms with Crippen LogP contribution in [0.1, 0.15) is 25.3 Å². The molecule has 0 fully saturated rings. The number of halogens is 3. The summed E-state index contributed by atoms with van der Waals surface area (Å²) in [6, 6.07) is 3.78. The highest BCUT2D eigenvalue weighted by atomic mass is 32.2. The monoisotopic (exact) mass is 377 g/mol. The van der Waals surface area contributed by atoms with Gasteiger partial charge in [0, 0.05) is 25.2 Å². The van der Waals surface area contributed by atoms with Crippen LogP contribution >= 0.6 is 0 Å². The van der Waals surface area contributed by atoms with Crippen LogP contribution in [0.25, 0.3) is 0 Å². The Balaban J connectivity index is 2.45. The van der Waals surface area contributed by atoms with Crippen LogP contribution in [0, 0.1) is 0 Å². The molecule has 0 radical (unpaired) electrons. The van der Waals surface area contributed by atoms with E-state index in [9.17, 15) is 26.4 Å². The Labute approximate surface area is 143 Å². The fourth-order valence-electron chi connectivity index (χ4n) is 1.74. The molecular formula is C15H18F3N3O3S. The van der Waals surface area contributed by atoms with E-state index >= 15 is 0 Å². The maximum Gasteiger partial charge on any atom is 0.516 e. The van der Waals surface area contributed by atoms with E-state index in [1.807, 2.05) is 12.1 Å². The van der Waals surface area contributed by atoms with Crippen molar-refractivity contribution in [3.8, 4) is 0 Å². The van der Waals surface area contributed by atoms with Crippen molar-refractivity contribution in [3.63, 3.8) is 0 Å². The molecule has 0 aliphatic rings. The molecule has 1 aromatic rings. The first kappa shape index (κ1) is 20.8. The average Bonchev–Trinajstić information content (AvgIpc) is 2.53. The second kappa shape index (κ2) is 9.30. The third kappa shape index (κ3) is 7.04. The van der Waals surface area contributed by atoms with E-state index in [0.29, 0.717) is 13.0 Å². The first-order valence-corrected chi connectivity index (χ1v) is 8.84. The predicted octanol–water partition coefficient (Wildman–Crippen LogP) is 2.39. The number of unbranched alkanes of at least 4 members (excludes halogenated alkanes) is 1. The number of aromatic nitrogens is 1. The van der Waals surface area contributed by atoms with E-state index in [1.54, 1.807) is 12.4 Å². The summed E-state index contributed by atoms with van der Waals surface area (Å²) in [5, 5.41) is 0. The number of aryl methyl sites for hydroxylation is 1. The fourth-order valence-corrected chi connectivity index (χ4v) is 2.22. The smallest absolute Gasteiger partial charge is 0.292 e. The lowest BCUT2D eigenvalue weighted by atomic mass is 10.1. The zero-order valence-corrected chi connectivity index (χ0v) is 14.3. The number of carbonyl (C=O) groups is 1. The molecular weight excluding hydrogens is 359 g/mol. The Morgan fingerprint density at radius 3 is 2.64 bits per heavy atom. The van der Waals surface area contributed by atoms with Crippen LogP contribution in [0.15, 0.2) is 41.2 Å². The molecule has 1 N–H and O–H groups in total. The Kier molecular flexibility index (Phi) is 7.75. The van der Waals surface area contributed by atoms with Crippen molar-refractivity contribution in [3.05, 3.63) is 41.7 Å². The molecule has 10 heteroatoms. The van der Waals surface area contributed by atoms with E-state index in [4.69, 9.17) is 0 Å². The Morgan fingerprint density at radius 1 is 1.36 bits per heavy atom. The molecule has 25 heavy (non-hydrogen) atoms. The molecule has 0 saturated carbocycles. The topological polar surface area (TPSA) is 88.5 Å². The zero-order valence-electron chi connectivity index (χ0n) is 13.5. The molecule has 1 heterocycles. The molecule has 0 atom stereocenters. The quantitative estimate of drug-likeness (QED) is 0.428. The number of sulfonamides is 1. The number of rotatable bonds is 8. The van der Waals surface area contributed by atoms with Crippen LogP contribution in [-0.4, -0.2) is 37.6 Å². The van der Waals surface area contributed by atoms with Gasteiger partial charge in [-0.2, -0.15) is 21.6 Å². The lowest BCUT2D eigenvalue weighted by Gasteiger charge is -2.09. The largest absolute Gasteiger partial charge is 0.516 e. The maximum atomic E-state index is 12.2. The summed E-state index contributed by atoms with van der Waals surface area (Å²) in [4.78, 5) is 19.5. The van der Waals surface area contributed by atoms with Gasteiger partial charge in [-0.15, -0.1) is 0 Å². The van der Waals surface area contributed by atoms with Crippen molar-refractivity contribution in [2.75, 3.05) is 6.54 Å². The number of hydrogen-bond donors (Lipinski definition) is 1. The highest BCUT2D eigenvalue weighted by Crippen LogP contribution is 2.21. The van der Waals surface area contributed by atoms with Crippen LogP contribution in [0.2, 0.25) is 0 Å². The van der Waals surface area contributed by atoms with Gasteiger partial charge >= 0.3 is 15.5 Å². The number of hydrogen-bond acceptors (Lipinski definition) is 5. The van der Waals surface area contributed by atoms with Gasteiger partial charge in [0.1, 0.15) is 0 Å². The molecule has 1 aromatic heterocycles. The van der Waals surface area contributed by atoms with Crippen LogP contribution in [0.4, 0.5) is 13.2 Å². The summed E-state index contributed by atoms with van der Waals surface area (Å²) < 4.78 is 59.5. The lowest BCUT2D eigenvalue weighted by molar-refractivity contribution is -0.116. The highest BCUT2D eigenvalue weighted by molar-refractivity contribution is 7.90. The van der Waals surface area contributed by atoms with Crippen molar-refractivity contribution in [2.24, 2.45) is 4.99 Å². The van der Waals surface area contributed by atoms with Gasteiger partial charge in [0.05, 0.1) is 5.57 Å². The third-order valence-corrected chi connectivity index (χ3v) is 4.12. The maximum absolute atomic E-state index is 12.2. The van der Waals surface area contributed by atoms with Gasteiger partial charge in [-0.05, 0) is 37.8 Å². The minimum Gasteiger partial charge on any atom is -0.292 e. The molecule has 0 aliphatic heterocycles. The molecule has 6 nitrogen and oxygen atoms in total. The molecule has 138 valence electrons. The second-order valence-corrected chi connectivity index (χ2v) is 6.65. The first-order valence-electron chi connectivity index (χ1n) is 7.36. The molecule has 0 bridgehead atoms. The van der Waals surface area contributed by atoms with Crippen LogP contribution in [0.5, 0.6) is 0 Å². The Hall–Kier alpha value is -2.23. The highest BCUT2D eigenvalue weighted by Gasteiger charge is 2.47. The van der Waals surface area contributed by atoms with E-state index < -0.39 is 21.4 Å². The summed E-state index contributed by atoms with van der Waals surface area (Å²) in [5.74, 6) is -1.38. The summed E-state index contributed by atoms with van der Waals surface area (Å²) in [6.07, 6.45) is 8.01. The number of nitrogens with zero attached hydrogens (tertiary/aromatic N) is 2. The molecule has 0 aliphatic carbocycles. The molecule has 0 aromatic carbocycles. The van der Waals surface area contributed by atoms with Crippen molar-refractivity contribution < 1.29 is 26.4 Å². The van der Waals surface area contributed by atoms with Gasteiger partial charge in [0.15, 0.2) is 0 Å². The van der Waals surface area contributed by atoms with Gasteiger partial charge in [-0.3, -0.25) is 14.8 Å². The van der Waals surface area contributed by atoms with E-state index in [2.05, 4.69) is 9.98 Å². The second-order valence-electron chi connectivity index (χ2n) is 4.98. The average molecular weight is 377 g/mol. The predicted molar refractivity (Wildman–Crippen MR) is 87.4 cm³/mol. The molecule has 0 unspecified atom stereocenters. The van der Waals surface area contributed by atoms with Crippen LogP contribution < -0.4 is 4.72 Å². The minimum absolute atomic E-state index is 0.264. The summed E-state index contributed by atoms with van der Waals surface area (Å²) in [7, 11) is -5.73. The first-order chi connectivity index (χ1) is 11.7. The van der Waals surface area contributed by atoms with E-state index in [0.717, 1.165) is 29.3 Å². The Bertz CT molecular complexity index is 729. The minimum atomic E-state index is -5.73. The molecule has 0 saturated heterocycles. The number of pyridine rings is 1. The van der Waals surface area contributed by atoms with E-state index in [1.165, 1.54) is 13.0 Å². The normalized spacial score (nSPS) is 13.2. The van der Waals surface area contributed by atoms with Crippen molar-refractivity contribution >= 4 is 22.1 Å². The number of carbonyl (C=O) groups excluding carboxylic acids is 1. The number of nitrogens with one attached hydrogen (secondary N) is 1. The standard InChI is InChI=1S/C15H18F3N3O3S/c1-2-13(14(22)21-25(23,24)15(16,17)18)11-20-8-4-3-6-12-7-5-9-19-10-12/h2,5,7,9-11H,3-4,6,8H2,1H3,(H,21,22)/b13-2+,20-11?. The van der Waals surface area contributed by atoms with E-state index in [-0.39, 0.29) is 5.57 Å². The zero-order chi connectivity index (χ0) is 18.9. The number of allylic oxidation sites excluding steroid dienone is 1. The van der Waals surface area contributed by atoms with Gasteiger partial charge in [-0.25, -0.2) is 4.72 Å². The molecule has 0 spiro atoms. The number of aliphatic imine (C=N–C) groups is 1. The SMILES string of the molecule is C/C=C(\C=NCCCCc1cccnc1)C(=O)NS(=O)(=O)C(F)(F)F. The molecule has 1 amide bonds. The van der Waals surface area contributed by atoms with Gasteiger partial charge in [0.2, 0.25) is 0 Å². The fraction of sp³-hybridized carbons (Fsp3) is 0.400. The Morgan fingerprint density at radius 2 is 2.08 bits per heavy atom.